The lowest BCUT2D eigenvalue weighted by molar-refractivity contribution is 1.18. The van der Waals surface area contributed by atoms with Gasteiger partial charge in [0, 0.05) is 53.4 Å². The second-order valence-corrected chi connectivity index (χ2v) is 16.8. The molecule has 10 aromatic carbocycles. The number of nitrogens with zero attached hydrogens (tertiary/aromatic N) is 2. The van der Waals surface area contributed by atoms with Gasteiger partial charge >= 0.3 is 0 Å². The lowest BCUT2D eigenvalue weighted by Crippen LogP contribution is -2.11. The molecule has 0 saturated heterocycles. The van der Waals surface area contributed by atoms with E-state index in [0.29, 0.717) is 0 Å². The predicted molar refractivity (Wildman–Crippen MR) is 262 cm³/mol. The van der Waals surface area contributed by atoms with Gasteiger partial charge in [0.25, 0.3) is 0 Å². The zero-order valence-corrected chi connectivity index (χ0v) is 34.1. The highest BCUT2D eigenvalue weighted by atomic mass is 32.1. The zero-order chi connectivity index (χ0) is 40.3. The predicted octanol–water partition coefficient (Wildman–Crippen LogP) is 16.8. The van der Waals surface area contributed by atoms with Crippen LogP contribution in [0, 0.1) is 0 Å². The summed E-state index contributed by atoms with van der Waals surface area (Å²) in [5, 5.41) is 7.62. The Morgan fingerprint density at radius 1 is 0.328 bits per heavy atom. The molecule has 12 rings (SSSR count). The van der Waals surface area contributed by atoms with Gasteiger partial charge in [-0.05, 0) is 93.7 Å². The van der Waals surface area contributed by atoms with Crippen LogP contribution in [0.15, 0.2) is 231 Å². The fraction of sp³-hybridized carbons (Fsp3) is 0. The molecule has 0 spiro atoms. The molecule has 0 N–H and O–H groups in total. The van der Waals surface area contributed by atoms with Crippen LogP contribution in [0.1, 0.15) is 0 Å². The highest BCUT2D eigenvalue weighted by Gasteiger charge is 2.20. The first-order valence-electron chi connectivity index (χ1n) is 20.8. The van der Waals surface area contributed by atoms with E-state index in [9.17, 15) is 0 Å². The lowest BCUT2D eigenvalue weighted by Gasteiger charge is -2.28. The minimum absolute atomic E-state index is 1.09. The second-order valence-electron chi connectivity index (χ2n) is 15.7. The zero-order valence-electron chi connectivity index (χ0n) is 33.2. The van der Waals surface area contributed by atoms with Crippen molar-refractivity contribution < 1.29 is 0 Å². The van der Waals surface area contributed by atoms with Gasteiger partial charge in [0.2, 0.25) is 0 Å². The molecule has 286 valence electrons. The number of aromatic nitrogens is 1. The van der Waals surface area contributed by atoms with Gasteiger partial charge in [0.1, 0.15) is 0 Å². The van der Waals surface area contributed by atoms with Crippen molar-refractivity contribution in [3.63, 3.8) is 0 Å². The first kappa shape index (κ1) is 35.2. The average Bonchev–Trinajstić information content (AvgIpc) is 3.87. The molecule has 2 nitrogen and oxygen atoms in total. The van der Waals surface area contributed by atoms with Gasteiger partial charge in [0.15, 0.2) is 0 Å². The van der Waals surface area contributed by atoms with Gasteiger partial charge in [-0.25, -0.2) is 0 Å². The molecule has 0 aliphatic carbocycles. The summed E-state index contributed by atoms with van der Waals surface area (Å²) in [5.74, 6) is 0. The topological polar surface area (TPSA) is 8.17 Å². The first-order valence-corrected chi connectivity index (χ1v) is 21.7. The van der Waals surface area contributed by atoms with Crippen LogP contribution < -0.4 is 4.90 Å². The fourth-order valence-electron chi connectivity index (χ4n) is 9.41. The number of anilines is 3. The molecule has 0 fully saturated rings. The van der Waals surface area contributed by atoms with Crippen LogP contribution in [0.4, 0.5) is 17.1 Å². The molecular weight excluding hydrogens is 757 g/mol. The highest BCUT2D eigenvalue weighted by Crippen LogP contribution is 2.45. The van der Waals surface area contributed by atoms with Crippen LogP contribution in [0.25, 0.3) is 91.8 Å². The maximum Gasteiger partial charge on any atom is 0.0541 e. The molecule has 0 radical (unpaired) electrons. The molecule has 0 saturated carbocycles. The second kappa shape index (κ2) is 14.5. The number of thiophene rings is 1. The molecule has 0 amide bonds. The molecule has 2 aromatic heterocycles. The van der Waals surface area contributed by atoms with Crippen molar-refractivity contribution in [2.24, 2.45) is 0 Å². The Labute approximate surface area is 358 Å². The van der Waals surface area contributed by atoms with Crippen molar-refractivity contribution in [3.05, 3.63) is 231 Å². The number of rotatable bonds is 7. The maximum absolute atomic E-state index is 2.43. The Morgan fingerprint density at radius 3 is 1.72 bits per heavy atom. The normalized spacial score (nSPS) is 11.6. The number of hydrogen-bond acceptors (Lipinski definition) is 2. The fourth-order valence-corrected chi connectivity index (χ4v) is 10.6. The van der Waals surface area contributed by atoms with Crippen LogP contribution in [-0.2, 0) is 0 Å². The summed E-state index contributed by atoms with van der Waals surface area (Å²) in [6.07, 6.45) is 0. The van der Waals surface area contributed by atoms with Crippen molar-refractivity contribution in [1.29, 1.82) is 0 Å². The quantitative estimate of drug-likeness (QED) is 0.156. The van der Waals surface area contributed by atoms with E-state index in [4.69, 9.17) is 0 Å². The van der Waals surface area contributed by atoms with E-state index >= 15 is 0 Å². The van der Waals surface area contributed by atoms with Gasteiger partial charge in [-0.1, -0.05) is 170 Å². The number of hydrogen-bond donors (Lipinski definition) is 0. The van der Waals surface area contributed by atoms with Crippen molar-refractivity contribution in [2.45, 2.75) is 0 Å². The SMILES string of the molecule is c1cc(-c2cccc3ccccc23)cc(N(c2ccc(-c3ccccc3-n3c4ccccc4c4ccccc43)cc2)c2ccccc2-c2ccc3c(c2)sc2ccccc23)c1. The minimum atomic E-state index is 1.09. The van der Waals surface area contributed by atoms with Gasteiger partial charge in [0.05, 0.1) is 22.4 Å². The Kier molecular flexibility index (Phi) is 8.39. The van der Waals surface area contributed by atoms with E-state index in [1.54, 1.807) is 0 Å². The summed E-state index contributed by atoms with van der Waals surface area (Å²) in [6.45, 7) is 0. The standard InChI is InChI=1S/C58H38N2S/c1-2-19-45-39(15-1)16-14-25-46(45)41-17-13-18-44(37-41)59(53-26-8-4-21-48(53)42-33-36-52-51-24-7-12-30-57(51)61-58(52)38-42)43-34-31-40(32-35-43)47-20-3-9-27-54(47)60-55-28-10-5-22-49(55)50-23-6-11-29-56(50)60/h1-38H. The molecule has 61 heavy (non-hydrogen) atoms. The molecule has 0 unspecified atom stereocenters. The third-order valence-corrected chi connectivity index (χ3v) is 13.3. The summed E-state index contributed by atoms with van der Waals surface area (Å²) in [6, 6.07) is 84.2. The minimum Gasteiger partial charge on any atom is -0.310 e. The van der Waals surface area contributed by atoms with Crippen LogP contribution in [0.3, 0.4) is 0 Å². The smallest absolute Gasteiger partial charge is 0.0541 e. The van der Waals surface area contributed by atoms with Crippen LogP contribution in [0.2, 0.25) is 0 Å². The maximum atomic E-state index is 2.43. The van der Waals surface area contributed by atoms with Crippen LogP contribution in [0.5, 0.6) is 0 Å². The molecule has 2 heterocycles. The number of para-hydroxylation sites is 4. The van der Waals surface area contributed by atoms with E-state index < -0.39 is 0 Å². The lowest BCUT2D eigenvalue weighted by atomic mass is 9.97. The Balaban J connectivity index is 1.02. The van der Waals surface area contributed by atoms with Crippen molar-refractivity contribution in [2.75, 3.05) is 4.90 Å². The number of fused-ring (bicyclic) bond motifs is 7. The van der Waals surface area contributed by atoms with Gasteiger partial charge in [-0.15, -0.1) is 11.3 Å². The summed E-state index contributed by atoms with van der Waals surface area (Å²) in [4.78, 5) is 2.43. The molecule has 12 aromatic rings. The summed E-state index contributed by atoms with van der Waals surface area (Å²) < 4.78 is 5.03. The summed E-state index contributed by atoms with van der Waals surface area (Å²) in [7, 11) is 0. The van der Waals surface area contributed by atoms with E-state index in [-0.39, 0.29) is 0 Å². The van der Waals surface area contributed by atoms with Gasteiger partial charge in [-0.2, -0.15) is 0 Å². The molecule has 0 atom stereocenters. The monoisotopic (exact) mass is 794 g/mol. The molecule has 0 bridgehead atoms. The van der Waals surface area contributed by atoms with Crippen molar-refractivity contribution >= 4 is 81.1 Å². The largest absolute Gasteiger partial charge is 0.310 e. The molecule has 3 heteroatoms. The van der Waals surface area contributed by atoms with Gasteiger partial charge < -0.3 is 9.47 Å². The van der Waals surface area contributed by atoms with E-state index in [1.165, 1.54) is 80.6 Å². The Bertz CT molecular complexity index is 3550. The van der Waals surface area contributed by atoms with Crippen LogP contribution in [-0.4, -0.2) is 4.57 Å². The summed E-state index contributed by atoms with van der Waals surface area (Å²) in [5.41, 5.74) is 14.0. The van der Waals surface area contributed by atoms with E-state index in [1.807, 2.05) is 11.3 Å². The third-order valence-electron chi connectivity index (χ3n) is 12.2. The number of benzene rings is 10. The Morgan fingerprint density at radius 2 is 0.902 bits per heavy atom. The third kappa shape index (κ3) is 5.93. The Hall–Kier alpha value is -7.72. The molecule has 0 aliphatic heterocycles. The molecular formula is C58H38N2S. The average molecular weight is 795 g/mol. The highest BCUT2D eigenvalue weighted by molar-refractivity contribution is 7.25. The summed E-state index contributed by atoms with van der Waals surface area (Å²) >= 11 is 1.86. The molecule has 0 aliphatic rings. The first-order chi connectivity index (χ1) is 30.3. The van der Waals surface area contributed by atoms with E-state index in [0.717, 1.165) is 28.3 Å². The van der Waals surface area contributed by atoms with Gasteiger partial charge in [-0.3, -0.25) is 0 Å². The van der Waals surface area contributed by atoms with Crippen molar-refractivity contribution in [1.82, 2.24) is 4.57 Å². The van der Waals surface area contributed by atoms with E-state index in [2.05, 4.69) is 240 Å². The van der Waals surface area contributed by atoms with Crippen molar-refractivity contribution in [3.8, 4) is 39.1 Å². The van der Waals surface area contributed by atoms with Crippen LogP contribution >= 0.6 is 11.3 Å².